The molecular formula is C4H8N6O3. The molecule has 0 spiro atoms. The number of aromatic amines is 1. The van der Waals surface area contributed by atoms with E-state index >= 15 is 0 Å². The Hall–Kier alpha value is -2.32. The molecule has 0 bridgehead atoms. The number of anilines is 1. The van der Waals surface area contributed by atoms with Crippen molar-refractivity contribution in [3.63, 3.8) is 0 Å². The number of primary amides is 2. The minimum atomic E-state index is -1.33. The van der Waals surface area contributed by atoms with Crippen molar-refractivity contribution < 1.29 is 14.7 Å². The minimum absolute atomic E-state index is 0.0185. The molecule has 0 atom stereocenters. The number of nitrogens with one attached hydrogen (secondary N) is 1. The summed E-state index contributed by atoms with van der Waals surface area (Å²) in [4.78, 5) is 19.1. The Balaban J connectivity index is 0.000000310. The zero-order valence-electron chi connectivity index (χ0n) is 6.39. The molecule has 9 nitrogen and oxygen atoms in total. The van der Waals surface area contributed by atoms with E-state index in [2.05, 4.69) is 21.1 Å². The molecule has 13 heavy (non-hydrogen) atoms. The third kappa shape index (κ3) is 4.19. The van der Waals surface area contributed by atoms with Gasteiger partial charge in [-0.25, -0.2) is 4.79 Å². The number of carbonyl (C=O) groups excluding carboxylic acids is 1. The molecule has 0 saturated carbocycles. The lowest BCUT2D eigenvalue weighted by Crippen LogP contribution is -2.13. The molecule has 0 unspecified atom stereocenters. The van der Waals surface area contributed by atoms with Gasteiger partial charge in [0.1, 0.15) is 0 Å². The third-order valence-electron chi connectivity index (χ3n) is 0.808. The molecule has 72 valence electrons. The van der Waals surface area contributed by atoms with Gasteiger partial charge in [-0.15, -0.1) is 10.2 Å². The second kappa shape index (κ2) is 4.54. The first kappa shape index (κ1) is 10.7. The van der Waals surface area contributed by atoms with Crippen molar-refractivity contribution in [2.45, 2.75) is 0 Å². The number of carboxylic acid groups (broad SMARTS) is 1. The maximum atomic E-state index is 10.3. The van der Waals surface area contributed by atoms with Crippen molar-refractivity contribution in [1.82, 2.24) is 15.4 Å². The number of nitrogen functional groups attached to an aromatic ring is 1. The van der Waals surface area contributed by atoms with Crippen LogP contribution < -0.4 is 17.2 Å². The molecule has 0 aromatic carbocycles. The number of amides is 2. The molecule has 0 aliphatic rings. The van der Waals surface area contributed by atoms with Gasteiger partial charge < -0.3 is 22.3 Å². The van der Waals surface area contributed by atoms with E-state index in [0.29, 0.717) is 0 Å². The highest BCUT2D eigenvalue weighted by molar-refractivity contribution is 5.94. The number of nitrogens with zero attached hydrogens (tertiary/aromatic N) is 2. The summed E-state index contributed by atoms with van der Waals surface area (Å²) in [6, 6.07) is 0. The van der Waals surface area contributed by atoms with Gasteiger partial charge in [0.05, 0.1) is 0 Å². The Labute approximate surface area is 71.9 Å². The topological polar surface area (TPSA) is 174 Å². The van der Waals surface area contributed by atoms with Crippen LogP contribution in [0.2, 0.25) is 0 Å². The van der Waals surface area contributed by atoms with Gasteiger partial charge in [0.2, 0.25) is 0 Å². The Morgan fingerprint density at radius 2 is 1.77 bits per heavy atom. The molecule has 1 aromatic rings. The van der Waals surface area contributed by atoms with Crippen molar-refractivity contribution >= 4 is 17.8 Å². The van der Waals surface area contributed by atoms with E-state index in [1.54, 1.807) is 0 Å². The van der Waals surface area contributed by atoms with E-state index in [-0.39, 0.29) is 11.5 Å². The van der Waals surface area contributed by atoms with Crippen LogP contribution in [-0.4, -0.2) is 32.5 Å². The number of hydrogen-bond donors (Lipinski definition) is 5. The second-order valence-corrected chi connectivity index (χ2v) is 1.76. The first-order valence-corrected chi connectivity index (χ1v) is 2.89. The SMILES string of the molecule is NC(=O)O.NC(=O)c1n[nH]nc1N. The third-order valence-corrected chi connectivity index (χ3v) is 0.808. The highest BCUT2D eigenvalue weighted by Crippen LogP contribution is 1.98. The normalized spacial score (nSPS) is 8.31. The Kier molecular flexibility index (Phi) is 3.73. The van der Waals surface area contributed by atoms with Crippen molar-refractivity contribution in [2.75, 3.05) is 5.73 Å². The van der Waals surface area contributed by atoms with Gasteiger partial charge in [-0.3, -0.25) is 4.79 Å². The van der Waals surface area contributed by atoms with Crippen molar-refractivity contribution in [3.8, 4) is 0 Å². The van der Waals surface area contributed by atoms with E-state index in [1.807, 2.05) is 0 Å². The standard InChI is InChI=1S/C3H5N5O.CH3NO2/c4-2-1(3(5)9)6-8-7-2;2-1(3)4/h(H2,5,9)(H3,4,6,7,8);2H2,(H,3,4). The van der Waals surface area contributed by atoms with E-state index < -0.39 is 12.0 Å². The van der Waals surface area contributed by atoms with Crippen molar-refractivity contribution in [1.29, 1.82) is 0 Å². The summed E-state index contributed by atoms with van der Waals surface area (Å²) in [5, 5.41) is 16.1. The fourth-order valence-corrected chi connectivity index (χ4v) is 0.420. The van der Waals surface area contributed by atoms with Crippen LogP contribution in [0.3, 0.4) is 0 Å². The Morgan fingerprint density at radius 1 is 1.31 bits per heavy atom. The maximum Gasteiger partial charge on any atom is 0.402 e. The van der Waals surface area contributed by atoms with Gasteiger partial charge in [0.25, 0.3) is 5.91 Å². The molecule has 2 amide bonds. The molecule has 1 rings (SSSR count). The maximum absolute atomic E-state index is 10.3. The number of aromatic nitrogens is 3. The molecule has 0 aliphatic carbocycles. The predicted molar refractivity (Wildman–Crippen MR) is 41.5 cm³/mol. The number of hydrogen-bond acceptors (Lipinski definition) is 5. The summed E-state index contributed by atoms with van der Waals surface area (Å²) in [6.45, 7) is 0. The molecular weight excluding hydrogens is 180 g/mol. The minimum Gasteiger partial charge on any atom is -0.465 e. The Morgan fingerprint density at radius 3 is 1.92 bits per heavy atom. The average Bonchev–Trinajstić information content (AvgIpc) is 2.33. The summed E-state index contributed by atoms with van der Waals surface area (Å²) in [7, 11) is 0. The zero-order chi connectivity index (χ0) is 10.4. The summed E-state index contributed by atoms with van der Waals surface area (Å²) in [6.07, 6.45) is -1.33. The highest BCUT2D eigenvalue weighted by atomic mass is 16.4. The molecule has 9 heteroatoms. The second-order valence-electron chi connectivity index (χ2n) is 1.76. The lowest BCUT2D eigenvalue weighted by atomic mass is 10.4. The molecule has 1 aromatic heterocycles. The summed E-state index contributed by atoms with van der Waals surface area (Å²) in [5.74, 6) is -0.649. The van der Waals surface area contributed by atoms with E-state index in [9.17, 15) is 4.79 Å². The summed E-state index contributed by atoms with van der Waals surface area (Å²) in [5.41, 5.74) is 14.0. The van der Waals surface area contributed by atoms with Crippen LogP contribution in [0.1, 0.15) is 10.5 Å². The van der Waals surface area contributed by atoms with Gasteiger partial charge >= 0.3 is 6.09 Å². The lowest BCUT2D eigenvalue weighted by Gasteiger charge is -1.83. The predicted octanol–water partition coefficient (Wildman–Crippen LogP) is -1.89. The van der Waals surface area contributed by atoms with Crippen LogP contribution in [0.4, 0.5) is 10.6 Å². The summed E-state index contributed by atoms with van der Waals surface area (Å²) >= 11 is 0. The molecule has 0 aliphatic heterocycles. The fraction of sp³-hybridized carbons (Fsp3) is 0. The van der Waals surface area contributed by atoms with E-state index in [0.717, 1.165) is 0 Å². The smallest absolute Gasteiger partial charge is 0.402 e. The molecule has 0 radical (unpaired) electrons. The van der Waals surface area contributed by atoms with Gasteiger partial charge in [-0.1, -0.05) is 0 Å². The molecule has 1 heterocycles. The zero-order valence-corrected chi connectivity index (χ0v) is 6.39. The van der Waals surface area contributed by atoms with Gasteiger partial charge in [-0.05, 0) is 0 Å². The number of nitrogens with two attached hydrogens (primary N) is 3. The highest BCUT2D eigenvalue weighted by Gasteiger charge is 2.08. The van der Waals surface area contributed by atoms with Gasteiger partial charge in [-0.2, -0.15) is 5.21 Å². The first-order chi connectivity index (χ1) is 5.95. The molecule has 8 N–H and O–H groups in total. The van der Waals surface area contributed by atoms with Crippen LogP contribution in [0.15, 0.2) is 0 Å². The Bertz CT molecular complexity index is 303. The first-order valence-electron chi connectivity index (χ1n) is 2.89. The van der Waals surface area contributed by atoms with Crippen LogP contribution in [0, 0.1) is 0 Å². The number of rotatable bonds is 1. The monoisotopic (exact) mass is 188 g/mol. The van der Waals surface area contributed by atoms with Crippen molar-refractivity contribution in [3.05, 3.63) is 5.69 Å². The quantitative estimate of drug-likeness (QED) is 0.344. The average molecular weight is 188 g/mol. The molecule has 0 fully saturated rings. The van der Waals surface area contributed by atoms with Crippen molar-refractivity contribution in [2.24, 2.45) is 11.5 Å². The van der Waals surface area contributed by atoms with E-state index in [4.69, 9.17) is 21.4 Å². The number of carbonyl (C=O) groups is 2. The number of H-pyrrole nitrogens is 1. The summed E-state index contributed by atoms with van der Waals surface area (Å²) < 4.78 is 0. The van der Waals surface area contributed by atoms with Gasteiger partial charge in [0.15, 0.2) is 11.5 Å². The van der Waals surface area contributed by atoms with Crippen LogP contribution in [0.25, 0.3) is 0 Å². The molecule has 0 saturated heterocycles. The fourth-order valence-electron chi connectivity index (χ4n) is 0.420. The lowest BCUT2D eigenvalue weighted by molar-refractivity contribution is 0.0996. The largest absolute Gasteiger partial charge is 0.465 e. The van der Waals surface area contributed by atoms with Crippen LogP contribution in [0.5, 0.6) is 0 Å². The van der Waals surface area contributed by atoms with Gasteiger partial charge in [0, 0.05) is 0 Å². The van der Waals surface area contributed by atoms with Crippen LogP contribution >= 0.6 is 0 Å². The van der Waals surface area contributed by atoms with Crippen LogP contribution in [-0.2, 0) is 0 Å². The van der Waals surface area contributed by atoms with E-state index in [1.165, 1.54) is 0 Å².